The highest BCUT2D eigenvalue weighted by molar-refractivity contribution is 5.85. The van der Waals surface area contributed by atoms with Crippen molar-refractivity contribution in [3.05, 3.63) is 29.8 Å². The first-order valence-electron chi connectivity index (χ1n) is 6.94. The number of nitrogens with two attached hydrogens (primary N) is 2. The molecule has 1 heterocycles. The van der Waals surface area contributed by atoms with E-state index in [4.69, 9.17) is 16.2 Å². The van der Waals surface area contributed by atoms with Gasteiger partial charge in [0.1, 0.15) is 5.75 Å². The number of alkyl halides is 2. The quantitative estimate of drug-likeness (QED) is 0.873. The van der Waals surface area contributed by atoms with Crippen molar-refractivity contribution >= 4 is 18.3 Å². The van der Waals surface area contributed by atoms with Gasteiger partial charge in [-0.2, -0.15) is 0 Å². The lowest BCUT2D eigenvalue weighted by Gasteiger charge is -2.37. The maximum atomic E-state index is 12.8. The highest BCUT2D eigenvalue weighted by Crippen LogP contribution is 2.40. The molecule has 0 saturated heterocycles. The first-order valence-corrected chi connectivity index (χ1v) is 6.94. The lowest BCUT2D eigenvalue weighted by molar-refractivity contribution is -0.119. The van der Waals surface area contributed by atoms with Crippen molar-refractivity contribution in [1.29, 1.82) is 0 Å². The number of benzene rings is 1. The van der Waals surface area contributed by atoms with Gasteiger partial charge in [-0.15, -0.1) is 12.4 Å². The van der Waals surface area contributed by atoms with Gasteiger partial charge in [0.15, 0.2) is 5.60 Å². The van der Waals surface area contributed by atoms with Gasteiger partial charge in [0.2, 0.25) is 5.91 Å². The van der Waals surface area contributed by atoms with Crippen molar-refractivity contribution < 1.29 is 18.3 Å². The predicted molar refractivity (Wildman–Crippen MR) is 82.2 cm³/mol. The third-order valence-electron chi connectivity index (χ3n) is 3.73. The van der Waals surface area contributed by atoms with E-state index in [2.05, 4.69) is 0 Å². The molecule has 2 aliphatic rings. The van der Waals surface area contributed by atoms with E-state index in [-0.39, 0.29) is 36.7 Å². The summed E-state index contributed by atoms with van der Waals surface area (Å²) >= 11 is 0. The molecule has 7 heteroatoms. The number of carbonyl (C=O) groups excluding carboxylic acids is 1. The van der Waals surface area contributed by atoms with Crippen molar-refractivity contribution in [2.45, 2.75) is 44.3 Å². The van der Waals surface area contributed by atoms with Gasteiger partial charge in [-0.25, -0.2) is 8.78 Å². The minimum absolute atomic E-state index is 0. The molecule has 4 nitrogen and oxygen atoms in total. The summed E-state index contributed by atoms with van der Waals surface area (Å²) in [6.07, 6.45) is -0.344. The molecule has 2 atom stereocenters. The summed E-state index contributed by atoms with van der Waals surface area (Å²) < 4.78 is 30.9. The van der Waals surface area contributed by atoms with Crippen molar-refractivity contribution in [3.63, 3.8) is 0 Å². The second-order valence-electron chi connectivity index (χ2n) is 5.74. The first-order chi connectivity index (χ1) is 9.83. The minimum Gasteiger partial charge on any atom is -0.481 e. The molecule has 1 fully saturated rings. The standard InChI is InChI=1S/C11H13F2NO.C4H7NO.ClH/c1-11(10(12)13)6-8(14)7-4-2-3-5-9(7)15-11;5-4(6)3-1-2-3;/h2-5,8,10H,6,14H2,1H3;3H,1-2H2,(H2,5,6);1H/t8-,11+;;/m1../s1. The highest BCUT2D eigenvalue weighted by atomic mass is 35.5. The second kappa shape index (κ2) is 7.24. The van der Waals surface area contributed by atoms with E-state index in [1.54, 1.807) is 12.1 Å². The maximum absolute atomic E-state index is 12.8. The van der Waals surface area contributed by atoms with Gasteiger partial charge in [0.25, 0.3) is 6.43 Å². The number of fused-ring (bicyclic) bond motifs is 1. The molecule has 1 aromatic rings. The lowest BCUT2D eigenvalue weighted by Crippen LogP contribution is -2.46. The fraction of sp³-hybridized carbons (Fsp3) is 0.533. The van der Waals surface area contributed by atoms with Gasteiger partial charge < -0.3 is 16.2 Å². The molecule has 3 rings (SSSR count). The van der Waals surface area contributed by atoms with E-state index in [9.17, 15) is 13.6 Å². The summed E-state index contributed by atoms with van der Waals surface area (Å²) in [5.41, 5.74) is 10.0. The number of hydrogen-bond acceptors (Lipinski definition) is 3. The van der Waals surface area contributed by atoms with E-state index in [1.807, 2.05) is 12.1 Å². The zero-order chi connectivity index (χ0) is 15.6. The van der Waals surface area contributed by atoms with Crippen molar-refractivity contribution in [2.24, 2.45) is 17.4 Å². The number of halogens is 3. The number of amides is 1. The maximum Gasteiger partial charge on any atom is 0.277 e. The minimum atomic E-state index is -2.53. The number of para-hydroxylation sites is 1. The molecule has 1 aromatic carbocycles. The third-order valence-corrected chi connectivity index (χ3v) is 3.73. The van der Waals surface area contributed by atoms with Crippen LogP contribution in [0.15, 0.2) is 24.3 Å². The fourth-order valence-corrected chi connectivity index (χ4v) is 2.22. The molecule has 1 aliphatic carbocycles. The van der Waals surface area contributed by atoms with Gasteiger partial charge in [-0.1, -0.05) is 18.2 Å². The lowest BCUT2D eigenvalue weighted by atomic mass is 9.89. The molecule has 0 radical (unpaired) electrons. The molecule has 0 unspecified atom stereocenters. The molecule has 1 aliphatic heterocycles. The topological polar surface area (TPSA) is 78.3 Å². The Morgan fingerprint density at radius 3 is 2.41 bits per heavy atom. The smallest absolute Gasteiger partial charge is 0.277 e. The number of ether oxygens (including phenoxy) is 1. The summed E-state index contributed by atoms with van der Waals surface area (Å²) in [5.74, 6) is 0.582. The van der Waals surface area contributed by atoms with Crippen LogP contribution in [0.1, 0.15) is 37.8 Å². The Hall–Kier alpha value is -1.40. The molecular formula is C15H21ClF2N2O2. The molecule has 22 heavy (non-hydrogen) atoms. The number of primary amides is 1. The normalized spacial score (nSPS) is 26.0. The van der Waals surface area contributed by atoms with Crippen LogP contribution >= 0.6 is 12.4 Å². The van der Waals surface area contributed by atoms with E-state index in [0.717, 1.165) is 18.4 Å². The van der Waals surface area contributed by atoms with Crippen LogP contribution in [0.25, 0.3) is 0 Å². The van der Waals surface area contributed by atoms with Crippen LogP contribution in [0.3, 0.4) is 0 Å². The summed E-state index contributed by atoms with van der Waals surface area (Å²) in [6, 6.07) is 6.68. The zero-order valence-corrected chi connectivity index (χ0v) is 13.1. The zero-order valence-electron chi connectivity index (χ0n) is 12.3. The predicted octanol–water partition coefficient (Wildman–Crippen LogP) is 2.80. The van der Waals surface area contributed by atoms with Crippen LogP contribution in [0.5, 0.6) is 5.75 Å². The first kappa shape index (κ1) is 18.6. The van der Waals surface area contributed by atoms with E-state index in [1.165, 1.54) is 6.92 Å². The van der Waals surface area contributed by atoms with Gasteiger partial charge in [-0.05, 0) is 25.8 Å². The van der Waals surface area contributed by atoms with Crippen LogP contribution in [0, 0.1) is 5.92 Å². The molecule has 124 valence electrons. The van der Waals surface area contributed by atoms with Gasteiger partial charge in [0.05, 0.1) is 0 Å². The Morgan fingerprint density at radius 1 is 1.36 bits per heavy atom. The summed E-state index contributed by atoms with van der Waals surface area (Å²) in [4.78, 5) is 9.98. The SMILES string of the molecule is C[C@@]1(C(F)F)C[C@@H](N)c2ccccc2O1.Cl.NC(=O)C1CC1. The summed E-state index contributed by atoms with van der Waals surface area (Å²) in [5, 5.41) is 0. The average molecular weight is 335 g/mol. The molecule has 1 saturated carbocycles. The average Bonchev–Trinajstić information content (AvgIpc) is 3.23. The number of rotatable bonds is 2. The Morgan fingerprint density at radius 2 is 1.95 bits per heavy atom. The number of carbonyl (C=O) groups is 1. The largest absolute Gasteiger partial charge is 0.481 e. The monoisotopic (exact) mass is 334 g/mol. The van der Waals surface area contributed by atoms with Crippen LogP contribution in [0.4, 0.5) is 8.78 Å². The molecular weight excluding hydrogens is 314 g/mol. The summed E-state index contributed by atoms with van der Waals surface area (Å²) in [7, 11) is 0. The Bertz CT molecular complexity index is 526. The van der Waals surface area contributed by atoms with Gasteiger partial charge >= 0.3 is 0 Å². The second-order valence-corrected chi connectivity index (χ2v) is 5.74. The van der Waals surface area contributed by atoms with Crippen molar-refractivity contribution in [1.82, 2.24) is 0 Å². The summed E-state index contributed by atoms with van der Waals surface area (Å²) in [6.45, 7) is 1.40. The third kappa shape index (κ3) is 4.30. The molecule has 0 spiro atoms. The van der Waals surface area contributed by atoms with Gasteiger partial charge in [-0.3, -0.25) is 4.79 Å². The number of hydrogen-bond donors (Lipinski definition) is 2. The van der Waals surface area contributed by atoms with Crippen LogP contribution in [0.2, 0.25) is 0 Å². The van der Waals surface area contributed by atoms with Crippen LogP contribution in [-0.2, 0) is 4.79 Å². The van der Waals surface area contributed by atoms with Crippen LogP contribution in [-0.4, -0.2) is 17.9 Å². The molecule has 0 bridgehead atoms. The van der Waals surface area contributed by atoms with Crippen molar-refractivity contribution in [3.8, 4) is 5.75 Å². The van der Waals surface area contributed by atoms with Crippen LogP contribution < -0.4 is 16.2 Å². The van der Waals surface area contributed by atoms with E-state index >= 15 is 0 Å². The van der Waals surface area contributed by atoms with Gasteiger partial charge in [0, 0.05) is 23.9 Å². The fourth-order valence-electron chi connectivity index (χ4n) is 2.22. The Kier molecular flexibility index (Phi) is 6.14. The molecule has 0 aromatic heterocycles. The highest BCUT2D eigenvalue weighted by Gasteiger charge is 2.43. The van der Waals surface area contributed by atoms with E-state index in [0.29, 0.717) is 5.75 Å². The molecule has 4 N–H and O–H groups in total. The Balaban J connectivity index is 0.000000293. The van der Waals surface area contributed by atoms with E-state index < -0.39 is 12.0 Å². The van der Waals surface area contributed by atoms with Crippen molar-refractivity contribution in [2.75, 3.05) is 0 Å². The molecule has 1 amide bonds. The Labute approximate surface area is 134 Å².